The first kappa shape index (κ1) is 26.3. The van der Waals surface area contributed by atoms with Gasteiger partial charge in [-0.3, -0.25) is 0 Å². The molecule has 1 aliphatic heterocycles. The van der Waals surface area contributed by atoms with Crippen molar-refractivity contribution in [2.24, 2.45) is 0 Å². The van der Waals surface area contributed by atoms with Gasteiger partial charge in [-0.05, 0) is 45.9 Å². The van der Waals surface area contributed by atoms with Crippen LogP contribution in [0.25, 0.3) is 0 Å². The molecule has 0 aliphatic carbocycles. The number of nitrogens with zero attached hydrogens (tertiary/aromatic N) is 2. The van der Waals surface area contributed by atoms with Crippen LogP contribution in [0.4, 0.5) is 11.4 Å². The lowest BCUT2D eigenvalue weighted by Crippen LogP contribution is -2.49. The Balaban J connectivity index is 2.27. The van der Waals surface area contributed by atoms with Crippen molar-refractivity contribution in [3.8, 4) is 0 Å². The second kappa shape index (κ2) is 10.1. The first-order chi connectivity index (χ1) is 15.4. The van der Waals surface area contributed by atoms with Crippen LogP contribution in [0.3, 0.4) is 0 Å². The Morgan fingerprint density at radius 3 is 1.06 bits per heavy atom. The number of anilines is 2. The first-order valence-corrected chi connectivity index (χ1v) is 13.1. The summed E-state index contributed by atoms with van der Waals surface area (Å²) in [7, 11) is 0. The summed E-state index contributed by atoms with van der Waals surface area (Å²) in [6.45, 7) is 17.7. The van der Waals surface area contributed by atoms with Crippen LogP contribution in [0.2, 0.25) is 0 Å². The summed E-state index contributed by atoms with van der Waals surface area (Å²) in [4.78, 5) is 4.36. The van der Waals surface area contributed by atoms with E-state index in [9.17, 15) is 0 Å². The van der Waals surface area contributed by atoms with Crippen LogP contribution < -0.4 is 9.80 Å². The molecule has 5 heteroatoms. The molecule has 0 amide bonds. The van der Waals surface area contributed by atoms with Crippen molar-refractivity contribution in [1.29, 1.82) is 0 Å². The van der Waals surface area contributed by atoms with Crippen LogP contribution in [-0.2, 0) is 0 Å². The summed E-state index contributed by atoms with van der Waals surface area (Å²) in [6.07, 6.45) is 3.67. The zero-order valence-corrected chi connectivity index (χ0v) is 23.3. The number of rotatable bonds is 6. The predicted octanol–water partition coefficient (Wildman–Crippen LogP) is 9.67. The molecule has 0 aromatic heterocycles. The number of halogens is 3. The highest BCUT2D eigenvalue weighted by molar-refractivity contribution is 6.68. The van der Waals surface area contributed by atoms with Crippen LogP contribution in [0.1, 0.15) is 101 Å². The molecule has 1 heterocycles. The normalized spacial score (nSPS) is 15.2. The number of hydrogen-bond donors (Lipinski definition) is 0. The molecule has 33 heavy (non-hydrogen) atoms. The fraction of sp³-hybridized carbons (Fsp3) is 0.500. The largest absolute Gasteiger partial charge is 0.321 e. The van der Waals surface area contributed by atoms with Gasteiger partial charge in [-0.2, -0.15) is 0 Å². The van der Waals surface area contributed by atoms with E-state index in [1.165, 1.54) is 22.3 Å². The molecule has 0 fully saturated rings. The minimum absolute atomic E-state index is 0.339. The van der Waals surface area contributed by atoms with E-state index in [0.29, 0.717) is 23.7 Å². The molecule has 0 N–H and O–H groups in total. The van der Waals surface area contributed by atoms with E-state index in [1.54, 1.807) is 0 Å². The van der Waals surface area contributed by atoms with Crippen molar-refractivity contribution in [3.05, 3.63) is 71.1 Å². The van der Waals surface area contributed by atoms with Gasteiger partial charge in [-0.1, -0.05) is 127 Å². The van der Waals surface area contributed by atoms with Crippen LogP contribution in [0, 0.1) is 0 Å². The summed E-state index contributed by atoms with van der Waals surface area (Å²) in [5.41, 5.74) is 7.32. The Bertz CT molecular complexity index is 877. The van der Waals surface area contributed by atoms with Gasteiger partial charge < -0.3 is 9.80 Å². The zero-order valence-electron chi connectivity index (χ0n) is 21.0. The fourth-order valence-electron chi connectivity index (χ4n) is 4.77. The van der Waals surface area contributed by atoms with Crippen molar-refractivity contribution in [3.63, 3.8) is 0 Å². The molecule has 0 saturated heterocycles. The van der Waals surface area contributed by atoms with E-state index in [0.717, 1.165) is 11.4 Å². The third-order valence-corrected chi connectivity index (χ3v) is 6.99. The molecule has 2 aromatic carbocycles. The van der Waals surface area contributed by atoms with E-state index in [1.807, 2.05) is 0 Å². The molecule has 0 radical (unpaired) electrons. The highest BCUT2D eigenvalue weighted by Gasteiger charge is 2.46. The smallest absolute Gasteiger partial charge is 0.229 e. The minimum Gasteiger partial charge on any atom is -0.321 e. The van der Waals surface area contributed by atoms with Crippen molar-refractivity contribution in [1.82, 2.24) is 0 Å². The van der Waals surface area contributed by atoms with Crippen LogP contribution in [0.5, 0.6) is 0 Å². The van der Waals surface area contributed by atoms with Crippen LogP contribution in [0.15, 0.2) is 48.8 Å². The average Bonchev–Trinajstić information content (AvgIpc) is 3.17. The van der Waals surface area contributed by atoms with E-state index >= 15 is 0 Å². The lowest BCUT2D eigenvalue weighted by molar-refractivity contribution is 0.673. The molecule has 3 rings (SSSR count). The van der Waals surface area contributed by atoms with Gasteiger partial charge in [0.1, 0.15) is 0 Å². The Labute approximate surface area is 215 Å². The second-order valence-electron chi connectivity index (χ2n) is 10.2. The van der Waals surface area contributed by atoms with E-state index in [4.69, 9.17) is 34.8 Å². The highest BCUT2D eigenvalue weighted by Crippen LogP contribution is 2.48. The van der Waals surface area contributed by atoms with Gasteiger partial charge in [-0.15, -0.1) is 0 Å². The topological polar surface area (TPSA) is 6.48 Å². The minimum atomic E-state index is -1.54. The fourth-order valence-corrected chi connectivity index (χ4v) is 5.40. The van der Waals surface area contributed by atoms with Crippen LogP contribution >= 0.6 is 34.8 Å². The Morgan fingerprint density at radius 1 is 0.576 bits per heavy atom. The van der Waals surface area contributed by atoms with Crippen molar-refractivity contribution in [2.45, 2.75) is 89.0 Å². The molecule has 0 saturated carbocycles. The SMILES string of the molecule is CC(C)c1cccc(C(C)C)c1N1C=CN(c2c(C(C)C)cccc2C(C)C)C1C(Cl)(Cl)Cl. The number of alkyl halides is 3. The van der Waals surface area contributed by atoms with Gasteiger partial charge >= 0.3 is 0 Å². The molecular formula is C28H37Cl3N2. The van der Waals surface area contributed by atoms with Gasteiger partial charge in [0, 0.05) is 23.8 Å². The molecule has 0 atom stereocenters. The highest BCUT2D eigenvalue weighted by atomic mass is 35.6. The Hall–Kier alpha value is -1.35. The average molecular weight is 508 g/mol. The maximum atomic E-state index is 6.76. The number of hydrogen-bond acceptors (Lipinski definition) is 2. The van der Waals surface area contributed by atoms with Crippen LogP contribution in [-0.4, -0.2) is 9.96 Å². The first-order valence-electron chi connectivity index (χ1n) is 11.9. The van der Waals surface area contributed by atoms with E-state index < -0.39 is 9.96 Å². The van der Waals surface area contributed by atoms with E-state index in [-0.39, 0.29) is 0 Å². The summed E-state index contributed by atoms with van der Waals surface area (Å²) < 4.78 is -1.54. The summed E-state index contributed by atoms with van der Waals surface area (Å²) >= 11 is 20.3. The molecule has 0 spiro atoms. The predicted molar refractivity (Wildman–Crippen MR) is 147 cm³/mol. The third kappa shape index (κ3) is 5.19. The monoisotopic (exact) mass is 506 g/mol. The molecule has 180 valence electrons. The van der Waals surface area contributed by atoms with Crippen molar-refractivity contribution in [2.75, 3.05) is 9.80 Å². The third-order valence-electron chi connectivity index (χ3n) is 6.41. The molecule has 1 aliphatic rings. The maximum absolute atomic E-state index is 6.76. The van der Waals surface area contributed by atoms with Gasteiger partial charge in [0.2, 0.25) is 3.79 Å². The van der Waals surface area contributed by atoms with E-state index in [2.05, 4.69) is 114 Å². The Morgan fingerprint density at radius 2 is 0.848 bits per heavy atom. The number of benzene rings is 2. The maximum Gasteiger partial charge on any atom is 0.229 e. The summed E-state index contributed by atoms with van der Waals surface area (Å²) in [5.74, 6) is 1.36. The van der Waals surface area contributed by atoms with Gasteiger partial charge in [0.05, 0.1) is 0 Å². The van der Waals surface area contributed by atoms with Crippen molar-refractivity contribution < 1.29 is 0 Å². The quantitative estimate of drug-likeness (QED) is 0.359. The number of para-hydroxylation sites is 2. The molecule has 0 bridgehead atoms. The summed E-state index contributed by atoms with van der Waals surface area (Å²) in [6, 6.07) is 13.1. The molecule has 2 nitrogen and oxygen atoms in total. The molecule has 2 aromatic rings. The summed E-state index contributed by atoms with van der Waals surface area (Å²) in [5, 5.41) is 0. The lowest BCUT2D eigenvalue weighted by atomic mass is 9.91. The lowest BCUT2D eigenvalue weighted by Gasteiger charge is -2.41. The Kier molecular flexibility index (Phi) is 8.04. The van der Waals surface area contributed by atoms with Gasteiger partial charge in [0.25, 0.3) is 0 Å². The van der Waals surface area contributed by atoms with Gasteiger partial charge in [-0.25, -0.2) is 0 Å². The van der Waals surface area contributed by atoms with Gasteiger partial charge in [0.15, 0.2) is 6.17 Å². The second-order valence-corrected chi connectivity index (χ2v) is 12.6. The van der Waals surface area contributed by atoms with Crippen molar-refractivity contribution >= 4 is 46.2 Å². The molecule has 0 unspecified atom stereocenters. The molecular weight excluding hydrogens is 471 g/mol. The zero-order chi connectivity index (χ0) is 24.7. The standard InChI is InChI=1S/C28H37Cl3N2/c1-17(2)21-11-9-12-22(18(3)4)25(21)32-15-16-33(27(32)28(29,30)31)26-23(19(5)6)13-10-14-24(26)20(7)8/h9-20,27H,1-8H3.